The molecule has 0 aliphatic carbocycles. The zero-order chi connectivity index (χ0) is 12.0. The molecule has 0 saturated heterocycles. The molecule has 1 unspecified atom stereocenters. The Balaban J connectivity index is 2.18. The van der Waals surface area contributed by atoms with Gasteiger partial charge in [-0.3, -0.25) is 9.89 Å². The van der Waals surface area contributed by atoms with Crippen LogP contribution in [0.2, 0.25) is 0 Å². The molecule has 0 fully saturated rings. The maximum Gasteiger partial charge on any atom is 0.276 e. The van der Waals surface area contributed by atoms with Gasteiger partial charge in [-0.15, -0.1) is 0 Å². The van der Waals surface area contributed by atoms with E-state index in [0.29, 0.717) is 0 Å². The average molecular weight is 294 g/mol. The molecule has 1 aromatic carbocycles. The third kappa shape index (κ3) is 1.66. The van der Waals surface area contributed by atoms with Gasteiger partial charge >= 0.3 is 0 Å². The van der Waals surface area contributed by atoms with Crippen molar-refractivity contribution in [1.82, 2.24) is 15.1 Å². The second-order valence-electron chi connectivity index (χ2n) is 4.23. The Labute approximate surface area is 107 Å². The first-order valence-electron chi connectivity index (χ1n) is 5.50. The topological polar surface area (TPSA) is 49.8 Å². The second kappa shape index (κ2) is 3.85. The number of benzene rings is 1. The molecule has 2 heterocycles. The Kier molecular flexibility index (Phi) is 2.45. The average Bonchev–Trinajstić information content (AvgIpc) is 2.81. The predicted molar refractivity (Wildman–Crippen MR) is 69.3 cm³/mol. The molecule has 0 bridgehead atoms. The van der Waals surface area contributed by atoms with Crippen molar-refractivity contribution in [2.75, 3.05) is 0 Å². The van der Waals surface area contributed by atoms with E-state index in [1.54, 1.807) is 4.68 Å². The molecule has 0 radical (unpaired) electrons. The molecule has 17 heavy (non-hydrogen) atoms. The van der Waals surface area contributed by atoms with Gasteiger partial charge in [0.15, 0.2) is 0 Å². The van der Waals surface area contributed by atoms with E-state index in [2.05, 4.69) is 26.3 Å². The lowest BCUT2D eigenvalue weighted by Gasteiger charge is -2.04. The van der Waals surface area contributed by atoms with Crippen LogP contribution in [-0.2, 0) is 6.54 Å². The highest BCUT2D eigenvalue weighted by Gasteiger charge is 2.25. The third-order valence-corrected chi connectivity index (χ3v) is 3.58. The lowest BCUT2D eigenvalue weighted by molar-refractivity contribution is 0.611. The molecule has 1 aliphatic rings. The van der Waals surface area contributed by atoms with Crippen LogP contribution < -0.4 is 10.9 Å². The molecule has 1 aromatic heterocycles. The largest absolute Gasteiger partial charge is 0.304 e. The summed E-state index contributed by atoms with van der Waals surface area (Å²) in [4.78, 5) is 12.3. The highest BCUT2D eigenvalue weighted by atomic mass is 79.9. The zero-order valence-electron chi connectivity index (χ0n) is 9.33. The van der Waals surface area contributed by atoms with Crippen LogP contribution in [0.3, 0.4) is 0 Å². The number of nitrogens with one attached hydrogen (secondary N) is 2. The van der Waals surface area contributed by atoms with Gasteiger partial charge in [0.25, 0.3) is 5.56 Å². The molecule has 1 atom stereocenters. The number of aromatic amines is 1. The number of aromatic nitrogens is 2. The molecule has 88 valence electrons. The van der Waals surface area contributed by atoms with Crippen molar-refractivity contribution in [1.29, 1.82) is 0 Å². The van der Waals surface area contributed by atoms with Crippen LogP contribution in [0.25, 0.3) is 5.69 Å². The molecule has 0 spiro atoms. The summed E-state index contributed by atoms with van der Waals surface area (Å²) in [6, 6.07) is 7.82. The lowest BCUT2D eigenvalue weighted by atomic mass is 10.2. The number of hydrogen-bond donors (Lipinski definition) is 2. The van der Waals surface area contributed by atoms with Gasteiger partial charge in [-0.1, -0.05) is 22.0 Å². The van der Waals surface area contributed by atoms with E-state index in [0.717, 1.165) is 28.0 Å². The van der Waals surface area contributed by atoms with Gasteiger partial charge in [0.1, 0.15) is 0 Å². The van der Waals surface area contributed by atoms with E-state index >= 15 is 0 Å². The molecule has 3 rings (SSSR count). The smallest absolute Gasteiger partial charge is 0.276 e. The fourth-order valence-corrected chi connectivity index (χ4v) is 2.62. The summed E-state index contributed by atoms with van der Waals surface area (Å²) in [7, 11) is 0. The minimum Gasteiger partial charge on any atom is -0.304 e. The van der Waals surface area contributed by atoms with E-state index in [-0.39, 0.29) is 11.6 Å². The third-order valence-electron chi connectivity index (χ3n) is 3.09. The summed E-state index contributed by atoms with van der Waals surface area (Å²) in [6.07, 6.45) is 0. The van der Waals surface area contributed by atoms with Crippen LogP contribution >= 0.6 is 15.9 Å². The van der Waals surface area contributed by atoms with Gasteiger partial charge in [0.05, 0.1) is 16.9 Å². The first kappa shape index (κ1) is 10.8. The standard InChI is InChI=1S/C12H12BrN3O/c1-7-11-10(6-14-7)15-16(12(11)17)9-4-2-3-8(13)5-9/h2-5,7,14-15H,6H2,1H3. The van der Waals surface area contributed by atoms with E-state index in [9.17, 15) is 4.79 Å². The second-order valence-corrected chi connectivity index (χ2v) is 5.14. The SMILES string of the molecule is CC1NCc2[nH]n(-c3cccc(Br)c3)c(=O)c21. The van der Waals surface area contributed by atoms with E-state index < -0.39 is 0 Å². The Morgan fingerprint density at radius 2 is 2.29 bits per heavy atom. The Hall–Kier alpha value is -1.33. The van der Waals surface area contributed by atoms with Crippen LogP contribution in [0.4, 0.5) is 0 Å². The van der Waals surface area contributed by atoms with Crippen molar-refractivity contribution in [3.05, 3.63) is 50.3 Å². The minimum atomic E-state index is 0.0376. The zero-order valence-corrected chi connectivity index (χ0v) is 10.9. The number of halogens is 1. The lowest BCUT2D eigenvalue weighted by Crippen LogP contribution is -2.22. The van der Waals surface area contributed by atoms with E-state index in [4.69, 9.17) is 0 Å². The van der Waals surface area contributed by atoms with Gasteiger partial charge in [-0.2, -0.15) is 0 Å². The van der Waals surface area contributed by atoms with Gasteiger partial charge in [-0.05, 0) is 25.1 Å². The Bertz CT molecular complexity index is 629. The monoisotopic (exact) mass is 293 g/mol. The van der Waals surface area contributed by atoms with E-state index in [1.807, 2.05) is 31.2 Å². The molecular weight excluding hydrogens is 282 g/mol. The van der Waals surface area contributed by atoms with Gasteiger partial charge in [0.2, 0.25) is 0 Å². The molecule has 5 heteroatoms. The highest BCUT2D eigenvalue weighted by molar-refractivity contribution is 9.10. The normalized spacial score (nSPS) is 18.4. The first-order chi connectivity index (χ1) is 8.16. The molecule has 0 amide bonds. The quantitative estimate of drug-likeness (QED) is 0.846. The van der Waals surface area contributed by atoms with Crippen LogP contribution in [0.15, 0.2) is 33.5 Å². The summed E-state index contributed by atoms with van der Waals surface area (Å²) < 4.78 is 2.56. The Morgan fingerprint density at radius 1 is 1.47 bits per heavy atom. The number of fused-ring (bicyclic) bond motifs is 1. The van der Waals surface area contributed by atoms with Crippen LogP contribution in [0, 0.1) is 0 Å². The van der Waals surface area contributed by atoms with Crippen molar-refractivity contribution in [2.45, 2.75) is 19.5 Å². The molecule has 4 nitrogen and oxygen atoms in total. The molecule has 0 saturated carbocycles. The Morgan fingerprint density at radius 3 is 3.00 bits per heavy atom. The van der Waals surface area contributed by atoms with Gasteiger partial charge in [0, 0.05) is 17.1 Å². The van der Waals surface area contributed by atoms with Gasteiger partial charge < -0.3 is 5.32 Å². The van der Waals surface area contributed by atoms with Crippen molar-refractivity contribution in [2.24, 2.45) is 0 Å². The summed E-state index contributed by atoms with van der Waals surface area (Å²) in [5, 5.41) is 6.40. The fraction of sp³-hybridized carbons (Fsp3) is 0.250. The molecule has 1 aliphatic heterocycles. The molecule has 2 N–H and O–H groups in total. The van der Waals surface area contributed by atoms with Crippen LogP contribution in [0.5, 0.6) is 0 Å². The summed E-state index contributed by atoms with van der Waals surface area (Å²) in [5.41, 5.74) is 2.73. The fourth-order valence-electron chi connectivity index (χ4n) is 2.23. The molecule has 2 aromatic rings. The van der Waals surface area contributed by atoms with Crippen molar-refractivity contribution >= 4 is 15.9 Å². The number of rotatable bonds is 1. The van der Waals surface area contributed by atoms with E-state index in [1.165, 1.54) is 0 Å². The maximum absolute atomic E-state index is 12.3. The maximum atomic E-state index is 12.3. The van der Waals surface area contributed by atoms with Crippen molar-refractivity contribution in [3.63, 3.8) is 0 Å². The predicted octanol–water partition coefficient (Wildman–Crippen LogP) is 2.09. The molecular formula is C12H12BrN3O. The van der Waals surface area contributed by atoms with Crippen molar-refractivity contribution in [3.8, 4) is 5.69 Å². The number of H-pyrrole nitrogens is 1. The minimum absolute atomic E-state index is 0.0376. The van der Waals surface area contributed by atoms with Crippen molar-refractivity contribution < 1.29 is 0 Å². The van der Waals surface area contributed by atoms with Crippen LogP contribution in [-0.4, -0.2) is 9.78 Å². The van der Waals surface area contributed by atoms with Gasteiger partial charge in [-0.25, -0.2) is 4.68 Å². The first-order valence-corrected chi connectivity index (χ1v) is 6.29. The number of nitrogens with zero attached hydrogens (tertiary/aromatic N) is 1. The summed E-state index contributed by atoms with van der Waals surface area (Å²) >= 11 is 3.41. The van der Waals surface area contributed by atoms with Crippen LogP contribution in [0.1, 0.15) is 24.2 Å². The summed E-state index contributed by atoms with van der Waals surface area (Å²) in [6.45, 7) is 2.74. The number of hydrogen-bond acceptors (Lipinski definition) is 2. The highest BCUT2D eigenvalue weighted by Crippen LogP contribution is 2.21. The summed E-state index contributed by atoms with van der Waals surface area (Å²) in [5.74, 6) is 0.